The molecule has 0 fully saturated rings. The minimum absolute atomic E-state index is 0.114. The van der Waals surface area contributed by atoms with Crippen molar-refractivity contribution in [1.82, 2.24) is 4.72 Å². The second-order valence-corrected chi connectivity index (χ2v) is 8.98. The van der Waals surface area contributed by atoms with Gasteiger partial charge in [-0.2, -0.15) is 8.42 Å². The fourth-order valence-electron chi connectivity index (χ4n) is 2.60. The highest BCUT2D eigenvalue weighted by Gasteiger charge is 2.37. The molecule has 3 rings (SSSR count). The van der Waals surface area contributed by atoms with Crippen molar-refractivity contribution in [1.29, 1.82) is 0 Å². The molecular weight excluding hydrogens is 369 g/mol. The molecule has 1 aliphatic heterocycles. The van der Waals surface area contributed by atoms with Crippen molar-refractivity contribution in [3.05, 3.63) is 54.3 Å². The third kappa shape index (κ3) is 3.08. The molecule has 134 valence electrons. The summed E-state index contributed by atoms with van der Waals surface area (Å²) >= 11 is 0. The summed E-state index contributed by atoms with van der Waals surface area (Å²) in [4.78, 5) is -0.475. The van der Waals surface area contributed by atoms with Crippen LogP contribution in [0.1, 0.15) is 0 Å². The molecule has 0 amide bonds. The maximum Gasteiger partial charge on any atom is 0.326 e. The van der Waals surface area contributed by atoms with Crippen molar-refractivity contribution in [2.75, 3.05) is 28.7 Å². The van der Waals surface area contributed by atoms with Gasteiger partial charge in [0.1, 0.15) is 10.7 Å². The fourth-order valence-corrected chi connectivity index (χ4v) is 5.12. The first kappa shape index (κ1) is 17.6. The van der Waals surface area contributed by atoms with E-state index in [1.807, 2.05) is 0 Å². The Morgan fingerprint density at radius 1 is 1.04 bits per heavy atom. The standard InChI is InChI=1S/C15H16FN3O4S2/c1-18-13-7-3-4-8-14(13)19(25(18,22)23)11-10-17-24(20,21)15-9-5-2-6-12(15)16/h2-9,17H,10-11H2,1H3. The number of anilines is 2. The Kier molecular flexibility index (Phi) is 4.43. The summed E-state index contributed by atoms with van der Waals surface area (Å²) in [6.45, 7) is -0.310. The molecule has 0 bridgehead atoms. The van der Waals surface area contributed by atoms with E-state index in [0.717, 1.165) is 20.7 Å². The third-order valence-corrected chi connectivity index (χ3v) is 7.17. The van der Waals surface area contributed by atoms with E-state index >= 15 is 0 Å². The summed E-state index contributed by atoms with van der Waals surface area (Å²) in [6, 6.07) is 11.7. The van der Waals surface area contributed by atoms with Crippen LogP contribution in [0, 0.1) is 5.82 Å². The van der Waals surface area contributed by atoms with Crippen molar-refractivity contribution in [3.8, 4) is 0 Å². The zero-order valence-corrected chi connectivity index (χ0v) is 14.9. The van der Waals surface area contributed by atoms with E-state index in [4.69, 9.17) is 0 Å². The van der Waals surface area contributed by atoms with Crippen LogP contribution < -0.4 is 13.3 Å². The maximum absolute atomic E-state index is 13.7. The molecule has 25 heavy (non-hydrogen) atoms. The lowest BCUT2D eigenvalue weighted by molar-refractivity contribution is 0.556. The zero-order valence-electron chi connectivity index (χ0n) is 13.3. The second kappa shape index (κ2) is 6.28. The quantitative estimate of drug-likeness (QED) is 0.841. The fraction of sp³-hybridized carbons (Fsp3) is 0.200. The Morgan fingerprint density at radius 2 is 1.64 bits per heavy atom. The first-order valence-electron chi connectivity index (χ1n) is 7.35. The number of hydrogen-bond donors (Lipinski definition) is 1. The summed E-state index contributed by atoms with van der Waals surface area (Å²) in [5.74, 6) is -0.867. The molecule has 0 radical (unpaired) electrons. The monoisotopic (exact) mass is 385 g/mol. The van der Waals surface area contributed by atoms with Crippen molar-refractivity contribution in [2.45, 2.75) is 4.90 Å². The Morgan fingerprint density at radius 3 is 2.32 bits per heavy atom. The minimum Gasteiger partial charge on any atom is -0.254 e. The molecule has 0 atom stereocenters. The smallest absolute Gasteiger partial charge is 0.254 e. The van der Waals surface area contributed by atoms with Crippen LogP contribution in [-0.4, -0.2) is 37.0 Å². The van der Waals surface area contributed by atoms with Crippen molar-refractivity contribution in [2.24, 2.45) is 0 Å². The van der Waals surface area contributed by atoms with E-state index in [0.29, 0.717) is 11.4 Å². The van der Waals surface area contributed by atoms with Crippen molar-refractivity contribution in [3.63, 3.8) is 0 Å². The Balaban J connectivity index is 1.77. The topological polar surface area (TPSA) is 86.8 Å². The molecule has 1 aliphatic rings. The van der Waals surface area contributed by atoms with E-state index in [-0.39, 0.29) is 13.1 Å². The number of benzene rings is 2. The van der Waals surface area contributed by atoms with Crippen LogP contribution >= 0.6 is 0 Å². The number of para-hydroxylation sites is 2. The van der Waals surface area contributed by atoms with E-state index in [1.165, 1.54) is 19.2 Å². The number of rotatable bonds is 5. The predicted octanol–water partition coefficient (Wildman–Crippen LogP) is 1.31. The van der Waals surface area contributed by atoms with Gasteiger partial charge in [-0.25, -0.2) is 21.8 Å². The molecule has 1 N–H and O–H groups in total. The Labute approximate surface area is 145 Å². The van der Waals surface area contributed by atoms with E-state index in [9.17, 15) is 21.2 Å². The summed E-state index contributed by atoms with van der Waals surface area (Å²) in [5, 5.41) is 0. The summed E-state index contributed by atoms with van der Waals surface area (Å²) in [5.41, 5.74) is 0.981. The molecule has 2 aromatic rings. The van der Waals surface area contributed by atoms with E-state index < -0.39 is 30.9 Å². The SMILES string of the molecule is CN1c2ccccc2N(CCNS(=O)(=O)c2ccccc2F)S1(=O)=O. The number of fused-ring (bicyclic) bond motifs is 1. The zero-order chi connectivity index (χ0) is 18.2. The molecule has 1 heterocycles. The number of nitrogens with zero attached hydrogens (tertiary/aromatic N) is 2. The second-order valence-electron chi connectivity index (χ2n) is 5.36. The molecule has 0 aliphatic carbocycles. The van der Waals surface area contributed by atoms with Gasteiger partial charge in [0, 0.05) is 20.1 Å². The Hall–Kier alpha value is -2.17. The molecule has 7 nitrogen and oxygen atoms in total. The van der Waals surface area contributed by atoms with E-state index in [1.54, 1.807) is 24.3 Å². The van der Waals surface area contributed by atoms with Crippen LogP contribution in [-0.2, 0) is 20.2 Å². The van der Waals surface area contributed by atoms with Crippen LogP contribution in [0.2, 0.25) is 0 Å². The van der Waals surface area contributed by atoms with Gasteiger partial charge in [-0.05, 0) is 24.3 Å². The predicted molar refractivity (Wildman–Crippen MR) is 92.7 cm³/mol. The summed E-state index contributed by atoms with van der Waals surface area (Å²) in [7, 11) is -6.40. The van der Waals surface area contributed by atoms with Gasteiger partial charge in [-0.3, -0.25) is 4.31 Å². The van der Waals surface area contributed by atoms with Crippen molar-refractivity contribution < 1.29 is 21.2 Å². The Bertz CT molecular complexity index is 1010. The van der Waals surface area contributed by atoms with Crippen molar-refractivity contribution >= 4 is 31.6 Å². The van der Waals surface area contributed by atoms with E-state index in [2.05, 4.69) is 4.72 Å². The van der Waals surface area contributed by atoms with Crippen LogP contribution in [0.4, 0.5) is 15.8 Å². The normalized spacial score (nSPS) is 16.1. The first-order chi connectivity index (χ1) is 11.7. The molecule has 0 spiro atoms. The molecule has 2 aromatic carbocycles. The number of sulfonamides is 1. The molecule has 0 aromatic heterocycles. The number of halogens is 1. The summed E-state index contributed by atoms with van der Waals surface area (Å²) < 4.78 is 67.4. The highest BCUT2D eigenvalue weighted by atomic mass is 32.2. The van der Waals surface area contributed by atoms with Crippen LogP contribution in [0.5, 0.6) is 0 Å². The van der Waals surface area contributed by atoms with Gasteiger partial charge >= 0.3 is 10.2 Å². The first-order valence-corrected chi connectivity index (χ1v) is 10.2. The summed E-state index contributed by atoms with van der Waals surface area (Å²) in [6.07, 6.45) is 0. The largest absolute Gasteiger partial charge is 0.326 e. The van der Waals surface area contributed by atoms with Crippen LogP contribution in [0.15, 0.2) is 53.4 Å². The molecule has 0 unspecified atom stereocenters. The molecular formula is C15H16FN3O4S2. The van der Waals surface area contributed by atoms with Crippen LogP contribution in [0.3, 0.4) is 0 Å². The van der Waals surface area contributed by atoms with Gasteiger partial charge in [0.15, 0.2) is 0 Å². The van der Waals surface area contributed by atoms with Gasteiger partial charge in [-0.15, -0.1) is 0 Å². The molecule has 10 heteroatoms. The highest BCUT2D eigenvalue weighted by Crippen LogP contribution is 2.38. The lowest BCUT2D eigenvalue weighted by Crippen LogP contribution is -2.40. The van der Waals surface area contributed by atoms with Gasteiger partial charge in [0.05, 0.1) is 11.4 Å². The third-order valence-electron chi connectivity index (χ3n) is 3.85. The lowest BCUT2D eigenvalue weighted by atomic mass is 10.2. The van der Waals surface area contributed by atoms with Gasteiger partial charge < -0.3 is 0 Å². The van der Waals surface area contributed by atoms with Gasteiger partial charge in [0.2, 0.25) is 10.0 Å². The van der Waals surface area contributed by atoms with Gasteiger partial charge in [-0.1, -0.05) is 24.3 Å². The number of hydrogen-bond acceptors (Lipinski definition) is 4. The average molecular weight is 385 g/mol. The minimum atomic E-state index is -4.07. The average Bonchev–Trinajstić information content (AvgIpc) is 2.76. The van der Waals surface area contributed by atoms with Crippen LogP contribution in [0.25, 0.3) is 0 Å². The molecule has 0 saturated heterocycles. The number of nitrogens with one attached hydrogen (secondary N) is 1. The lowest BCUT2D eigenvalue weighted by Gasteiger charge is -2.19. The molecule has 0 saturated carbocycles. The maximum atomic E-state index is 13.7. The van der Waals surface area contributed by atoms with Gasteiger partial charge in [0.25, 0.3) is 0 Å². The highest BCUT2D eigenvalue weighted by molar-refractivity contribution is 7.94.